The minimum absolute atomic E-state index is 0.00993. The number of nitrogens with zero attached hydrogens (tertiary/aromatic N) is 2. The first-order valence-electron chi connectivity index (χ1n) is 36.5. The third-order valence-electron chi connectivity index (χ3n) is 17.4. The molecular weight excluding hydrogens is 1440 g/mol. The third kappa shape index (κ3) is 35.2. The summed E-state index contributed by atoms with van der Waals surface area (Å²) in [7, 11) is -1.45. The van der Waals surface area contributed by atoms with Crippen LogP contribution in [0.25, 0.3) is 0 Å². The minimum Gasteiger partial charge on any atom is -0.394 e. The zero-order valence-corrected chi connectivity index (χ0v) is 63.4. The predicted octanol–water partition coefficient (Wildman–Crippen LogP) is -5.03. The molecule has 16 atom stereocenters. The van der Waals surface area contributed by atoms with Crippen LogP contribution in [0.4, 0.5) is 0 Å². The average molecular weight is 1560 g/mol. The standard InChI is InChI=1S/C67H120N9O30P/c1-41(2)76(42(3)4)107(102-22-8-18-68)106-47-12-9-46(10-13-47)11-14-54(86)75-67(38-96-23-15-51(83)69-19-26-93-29-32-99-64-55(72-43(5)80)61(90)58(87)48(35-77)103-64,39-97-24-16-52(84)70-20-27-94-30-33-100-65-56(73-44(6)81)62(91)59(88)49(36-78)104-65)40-98-25-17-53(85)71-21-28-95-31-34-101-66-57(74-45(7)82)63(92)60(89)50(37-79)105-66/h41-42,46-50,55-66,77-79,87-92H,8-17,19-40H2,1-7H3,(H,69,83)(H,70,84)(H,71,85)(H,72,80)(H,73,81)(H,74,82)(H,75,86)/t46?,47?,48-,49-,50-,55-,56-,57-,58+,59+,60+,61-,62-,63-,64-,65-,66-,107?/m1/s1. The highest BCUT2D eigenvalue weighted by Crippen LogP contribution is 2.49. The van der Waals surface area contributed by atoms with Crippen molar-refractivity contribution >= 4 is 49.9 Å². The van der Waals surface area contributed by atoms with Crippen molar-refractivity contribution in [2.24, 2.45) is 5.92 Å². The Morgan fingerprint density at radius 1 is 0.477 bits per heavy atom. The summed E-state index contributed by atoms with van der Waals surface area (Å²) in [6.07, 6.45) is -12.9. The molecule has 0 aromatic rings. The van der Waals surface area contributed by atoms with Crippen molar-refractivity contribution in [3.05, 3.63) is 0 Å². The average Bonchev–Trinajstić information content (AvgIpc) is 0.814. The number of nitrogens with one attached hydrogen (secondary N) is 7. The van der Waals surface area contributed by atoms with Crippen LogP contribution in [0.3, 0.4) is 0 Å². The van der Waals surface area contributed by atoms with E-state index >= 15 is 0 Å². The van der Waals surface area contributed by atoms with Gasteiger partial charge in [0.15, 0.2) is 18.9 Å². The van der Waals surface area contributed by atoms with Crippen LogP contribution >= 0.6 is 8.53 Å². The number of carbonyl (C=O) groups is 7. The first-order valence-corrected chi connectivity index (χ1v) is 37.7. The Kier molecular flexibility index (Phi) is 46.4. The molecule has 7 amide bonds. The van der Waals surface area contributed by atoms with E-state index in [-0.39, 0.29) is 187 Å². The summed E-state index contributed by atoms with van der Waals surface area (Å²) in [5.74, 6) is -3.04. The Balaban J connectivity index is 1.39. The van der Waals surface area contributed by atoms with Gasteiger partial charge in [-0.25, -0.2) is 4.67 Å². The SMILES string of the molecule is CC(=O)N[C@H]1[C@H](OCCOCCNC(=O)CCOCC(COCCC(=O)NCCOCCO[C@@H]2O[C@H](CO)[C@H](O)[C@H](O)[C@H]2NC(C)=O)(COCCC(=O)NCCOCCO[C@@H]2O[C@H](CO)[C@H](O)[C@H](O)[C@H]2NC(C)=O)NC(=O)CCC2CCC(OP(OCCC#N)N(C(C)C)C(C)C)CC2)O[C@H](CO)[C@H](O)[C@@H]1O. The van der Waals surface area contributed by atoms with Crippen LogP contribution in [-0.2, 0) is 99.5 Å². The van der Waals surface area contributed by atoms with Crippen LogP contribution < -0.4 is 37.2 Å². The topological polar surface area (TPSA) is 542 Å². The van der Waals surface area contributed by atoms with Crippen LogP contribution in [0.1, 0.15) is 113 Å². The van der Waals surface area contributed by atoms with E-state index in [1.807, 2.05) is 0 Å². The fourth-order valence-corrected chi connectivity index (χ4v) is 13.8. The Morgan fingerprint density at radius 3 is 1.15 bits per heavy atom. The lowest BCUT2D eigenvalue weighted by Crippen LogP contribution is -2.64. The van der Waals surface area contributed by atoms with Crippen molar-refractivity contribution in [2.75, 3.05) is 145 Å². The van der Waals surface area contributed by atoms with Gasteiger partial charge >= 0.3 is 0 Å². The van der Waals surface area contributed by atoms with E-state index < -0.39 is 161 Å². The summed E-state index contributed by atoms with van der Waals surface area (Å²) in [6, 6.07) is -1.05. The molecule has 1 saturated carbocycles. The van der Waals surface area contributed by atoms with Crippen molar-refractivity contribution in [3.8, 4) is 6.07 Å². The van der Waals surface area contributed by atoms with E-state index in [4.69, 9.17) is 65.9 Å². The molecule has 1 aliphatic carbocycles. The third-order valence-corrected chi connectivity index (χ3v) is 19.6. The summed E-state index contributed by atoms with van der Waals surface area (Å²) in [4.78, 5) is 89.1. The number of hydrogen-bond acceptors (Lipinski definition) is 32. The Labute approximate surface area is 625 Å². The van der Waals surface area contributed by atoms with Crippen LogP contribution in [0.2, 0.25) is 0 Å². The molecule has 3 heterocycles. The van der Waals surface area contributed by atoms with Crippen molar-refractivity contribution < 1.29 is 145 Å². The number of amides is 7. The first-order chi connectivity index (χ1) is 51.2. The number of aliphatic hydroxyl groups excluding tert-OH is 9. The van der Waals surface area contributed by atoms with Gasteiger partial charge in [0.05, 0.1) is 144 Å². The van der Waals surface area contributed by atoms with Crippen molar-refractivity contribution in [2.45, 2.75) is 228 Å². The van der Waals surface area contributed by atoms with Gasteiger partial charge in [-0.1, -0.05) is 0 Å². The molecule has 3 aliphatic heterocycles. The highest BCUT2D eigenvalue weighted by atomic mass is 31.2. The Hall–Kier alpha value is -4.75. The molecule has 618 valence electrons. The predicted molar refractivity (Wildman–Crippen MR) is 374 cm³/mol. The lowest BCUT2D eigenvalue weighted by atomic mass is 9.84. The van der Waals surface area contributed by atoms with E-state index in [1.54, 1.807) is 0 Å². The summed E-state index contributed by atoms with van der Waals surface area (Å²) >= 11 is 0. The second kappa shape index (κ2) is 52.5. The van der Waals surface area contributed by atoms with Gasteiger partial charge in [-0.3, -0.25) is 33.6 Å². The molecule has 0 aromatic heterocycles. The summed E-state index contributed by atoms with van der Waals surface area (Å²) in [5.41, 5.74) is -1.47. The van der Waals surface area contributed by atoms with E-state index in [0.717, 1.165) is 25.7 Å². The van der Waals surface area contributed by atoms with E-state index in [0.29, 0.717) is 6.42 Å². The molecule has 0 radical (unpaired) electrons. The molecule has 3 saturated heterocycles. The van der Waals surface area contributed by atoms with Crippen LogP contribution in [0, 0.1) is 17.2 Å². The Bertz CT molecular complexity index is 2400. The molecule has 4 rings (SSSR count). The smallest absolute Gasteiger partial charge is 0.259 e. The van der Waals surface area contributed by atoms with Gasteiger partial charge in [0.2, 0.25) is 41.4 Å². The molecule has 40 heteroatoms. The van der Waals surface area contributed by atoms with Gasteiger partial charge in [-0.2, -0.15) is 5.26 Å². The summed E-state index contributed by atoms with van der Waals surface area (Å²) in [5, 5.41) is 119. The fraction of sp³-hybridized carbons (Fsp3) is 0.881. The van der Waals surface area contributed by atoms with Gasteiger partial charge in [-0.15, -0.1) is 0 Å². The molecule has 4 aliphatic rings. The molecular formula is C67H120N9O30P. The molecule has 107 heavy (non-hydrogen) atoms. The zero-order valence-electron chi connectivity index (χ0n) is 62.5. The summed E-state index contributed by atoms with van der Waals surface area (Å²) < 4.78 is 83.8. The quantitative estimate of drug-likeness (QED) is 0.0200. The number of aliphatic hydroxyl groups is 9. The van der Waals surface area contributed by atoms with Crippen LogP contribution in [-0.4, -0.2) is 353 Å². The fourth-order valence-electron chi connectivity index (χ4n) is 12.0. The van der Waals surface area contributed by atoms with Crippen molar-refractivity contribution in [1.82, 2.24) is 41.9 Å². The van der Waals surface area contributed by atoms with Crippen molar-refractivity contribution in [1.29, 1.82) is 5.26 Å². The van der Waals surface area contributed by atoms with Gasteiger partial charge < -0.3 is 149 Å². The highest BCUT2D eigenvalue weighted by Gasteiger charge is 2.48. The molecule has 39 nitrogen and oxygen atoms in total. The van der Waals surface area contributed by atoms with Gasteiger partial charge in [0.1, 0.15) is 78.6 Å². The normalized spacial score (nSPS) is 27.1. The largest absolute Gasteiger partial charge is 0.394 e. The monoisotopic (exact) mass is 1560 g/mol. The first kappa shape index (κ1) is 94.6. The lowest BCUT2D eigenvalue weighted by molar-refractivity contribution is -0.272. The maximum atomic E-state index is 14.3. The van der Waals surface area contributed by atoms with Crippen molar-refractivity contribution in [3.63, 3.8) is 0 Å². The number of hydrogen-bond donors (Lipinski definition) is 16. The number of rotatable bonds is 54. The maximum Gasteiger partial charge on any atom is 0.259 e. The molecule has 0 spiro atoms. The minimum atomic E-state index is -1.50. The number of nitriles is 1. The van der Waals surface area contributed by atoms with Gasteiger partial charge in [0, 0.05) is 78.2 Å². The lowest BCUT2D eigenvalue weighted by Gasteiger charge is -2.42. The van der Waals surface area contributed by atoms with Crippen LogP contribution in [0.15, 0.2) is 0 Å². The maximum absolute atomic E-state index is 14.3. The molecule has 16 N–H and O–H groups in total. The zero-order chi connectivity index (χ0) is 78.8. The molecule has 0 aromatic carbocycles. The van der Waals surface area contributed by atoms with Gasteiger partial charge in [0.25, 0.3) is 8.53 Å². The molecule has 0 bridgehead atoms. The molecule has 1 unspecified atom stereocenters. The number of ether oxygens (including phenoxy) is 12. The second-order valence-corrected chi connectivity index (χ2v) is 28.3. The second-order valence-electron chi connectivity index (χ2n) is 26.9. The molecule has 4 fully saturated rings. The Morgan fingerprint density at radius 2 is 0.832 bits per heavy atom. The highest BCUT2D eigenvalue weighted by molar-refractivity contribution is 7.44. The van der Waals surface area contributed by atoms with E-state index in [2.05, 4.69) is 75.7 Å². The van der Waals surface area contributed by atoms with Gasteiger partial charge in [-0.05, 0) is 65.7 Å². The van der Waals surface area contributed by atoms with Crippen LogP contribution in [0.5, 0.6) is 0 Å². The number of carbonyl (C=O) groups excluding carboxylic acids is 7. The van der Waals surface area contributed by atoms with E-state index in [1.165, 1.54) is 20.8 Å². The van der Waals surface area contributed by atoms with E-state index in [9.17, 15) is 84.8 Å². The summed E-state index contributed by atoms with van der Waals surface area (Å²) in [6.45, 7) is 8.99.